The Morgan fingerprint density at radius 2 is 2.33 bits per heavy atom. The molecule has 0 bridgehead atoms. The van der Waals surface area contributed by atoms with Gasteiger partial charge in [0.1, 0.15) is 0 Å². The molecular formula is C12H21N3. The topological polar surface area (TPSA) is 29.9 Å². The molecule has 0 aromatic carbocycles. The van der Waals surface area contributed by atoms with Crippen molar-refractivity contribution in [2.24, 2.45) is 0 Å². The van der Waals surface area contributed by atoms with Gasteiger partial charge in [-0.25, -0.2) is 0 Å². The molecule has 1 aromatic heterocycles. The number of nitrogens with zero attached hydrogens (tertiary/aromatic N) is 2. The highest BCUT2D eigenvalue weighted by molar-refractivity contribution is 5.09. The van der Waals surface area contributed by atoms with Gasteiger partial charge < -0.3 is 5.32 Å². The lowest BCUT2D eigenvalue weighted by molar-refractivity contribution is 0.612. The van der Waals surface area contributed by atoms with Crippen molar-refractivity contribution in [2.45, 2.75) is 40.3 Å². The zero-order chi connectivity index (χ0) is 11.3. The minimum Gasteiger partial charge on any atom is -0.307 e. The van der Waals surface area contributed by atoms with Crippen molar-refractivity contribution in [3.05, 3.63) is 29.6 Å². The van der Waals surface area contributed by atoms with Crippen LogP contribution in [0.15, 0.2) is 24.0 Å². The number of aryl methyl sites for hydroxylation is 1. The number of hydrogen-bond acceptors (Lipinski definition) is 2. The predicted molar refractivity (Wildman–Crippen MR) is 63.7 cm³/mol. The molecule has 1 aromatic rings. The Morgan fingerprint density at radius 1 is 1.60 bits per heavy atom. The Balaban J connectivity index is 2.46. The largest absolute Gasteiger partial charge is 0.307 e. The fraction of sp³-hybridized carbons (Fsp3) is 0.583. The lowest BCUT2D eigenvalue weighted by Crippen LogP contribution is -2.18. The molecule has 0 saturated heterocycles. The third kappa shape index (κ3) is 3.88. The Hall–Kier alpha value is -1.09. The smallest absolute Gasteiger partial charge is 0.0537 e. The van der Waals surface area contributed by atoms with E-state index >= 15 is 0 Å². The van der Waals surface area contributed by atoms with Gasteiger partial charge >= 0.3 is 0 Å². The van der Waals surface area contributed by atoms with Crippen LogP contribution in [0.3, 0.4) is 0 Å². The molecule has 0 saturated carbocycles. The molecule has 0 radical (unpaired) electrons. The van der Waals surface area contributed by atoms with E-state index in [1.54, 1.807) is 0 Å². The minimum atomic E-state index is 0.362. The number of rotatable bonds is 5. The maximum Gasteiger partial charge on any atom is 0.0537 e. The molecule has 1 N–H and O–H groups in total. The first-order valence-corrected chi connectivity index (χ1v) is 5.52. The van der Waals surface area contributed by atoms with Crippen LogP contribution < -0.4 is 5.32 Å². The average molecular weight is 207 g/mol. The number of nitrogens with one attached hydrogen (secondary N) is 1. The molecule has 1 heterocycles. The van der Waals surface area contributed by atoms with Crippen molar-refractivity contribution < 1.29 is 0 Å². The first-order chi connectivity index (χ1) is 7.13. The Bertz CT molecular complexity index is 321. The van der Waals surface area contributed by atoms with Crippen LogP contribution in [-0.2, 0) is 6.54 Å². The summed E-state index contributed by atoms with van der Waals surface area (Å²) in [6, 6.07) is 0.362. The quantitative estimate of drug-likeness (QED) is 0.752. The summed E-state index contributed by atoms with van der Waals surface area (Å²) in [5.74, 6) is 0. The first-order valence-electron chi connectivity index (χ1n) is 5.52. The fourth-order valence-electron chi connectivity index (χ4n) is 1.33. The molecule has 1 atom stereocenters. The molecule has 1 unspecified atom stereocenters. The average Bonchev–Trinajstić information content (AvgIpc) is 2.65. The second kappa shape index (κ2) is 5.71. The highest BCUT2D eigenvalue weighted by Crippen LogP contribution is 2.10. The molecule has 0 fully saturated rings. The van der Waals surface area contributed by atoms with Crippen molar-refractivity contribution in [3.63, 3.8) is 0 Å². The molecule has 0 aliphatic carbocycles. The maximum atomic E-state index is 4.26. The van der Waals surface area contributed by atoms with E-state index in [2.05, 4.69) is 50.4 Å². The molecule has 0 aliphatic heterocycles. The van der Waals surface area contributed by atoms with Gasteiger partial charge in [-0.2, -0.15) is 5.10 Å². The third-order valence-electron chi connectivity index (χ3n) is 2.41. The van der Waals surface area contributed by atoms with Crippen LogP contribution in [0.1, 0.15) is 39.3 Å². The van der Waals surface area contributed by atoms with E-state index in [4.69, 9.17) is 0 Å². The standard InChI is InChI=1S/C12H21N3/c1-5-15-9-12(8-14-15)11(4)13-7-6-10(2)3/h6,8-9,11,13H,5,7H2,1-4H3. The summed E-state index contributed by atoms with van der Waals surface area (Å²) in [4.78, 5) is 0. The van der Waals surface area contributed by atoms with Crippen molar-refractivity contribution >= 4 is 0 Å². The van der Waals surface area contributed by atoms with Crippen LogP contribution in [0.2, 0.25) is 0 Å². The highest BCUT2D eigenvalue weighted by atomic mass is 15.3. The van der Waals surface area contributed by atoms with Crippen molar-refractivity contribution in [1.29, 1.82) is 0 Å². The molecule has 0 spiro atoms. The molecule has 3 heteroatoms. The van der Waals surface area contributed by atoms with Gasteiger partial charge in [-0.05, 0) is 27.7 Å². The molecule has 3 nitrogen and oxygen atoms in total. The van der Waals surface area contributed by atoms with Crippen molar-refractivity contribution in [3.8, 4) is 0 Å². The highest BCUT2D eigenvalue weighted by Gasteiger charge is 2.05. The van der Waals surface area contributed by atoms with Crippen LogP contribution in [-0.4, -0.2) is 16.3 Å². The summed E-state index contributed by atoms with van der Waals surface area (Å²) < 4.78 is 1.95. The SMILES string of the molecule is CCn1cc(C(C)NCC=C(C)C)cn1. The molecular weight excluding hydrogens is 186 g/mol. The van der Waals surface area contributed by atoms with E-state index in [0.717, 1.165) is 13.1 Å². The second-order valence-corrected chi connectivity index (χ2v) is 4.04. The predicted octanol–water partition coefficient (Wildman–Crippen LogP) is 2.52. The number of allylic oxidation sites excluding steroid dienone is 1. The molecule has 0 amide bonds. The Morgan fingerprint density at radius 3 is 2.87 bits per heavy atom. The van der Waals surface area contributed by atoms with Gasteiger partial charge in [0.05, 0.1) is 6.20 Å². The summed E-state index contributed by atoms with van der Waals surface area (Å²) in [5, 5.41) is 7.70. The lowest BCUT2D eigenvalue weighted by Gasteiger charge is -2.09. The zero-order valence-electron chi connectivity index (χ0n) is 10.1. The van der Waals surface area contributed by atoms with Gasteiger partial charge in [-0.1, -0.05) is 11.6 Å². The third-order valence-corrected chi connectivity index (χ3v) is 2.41. The van der Waals surface area contributed by atoms with Crippen molar-refractivity contribution in [2.75, 3.05) is 6.54 Å². The van der Waals surface area contributed by atoms with Crippen LogP contribution in [0.25, 0.3) is 0 Å². The van der Waals surface area contributed by atoms with Gasteiger partial charge in [-0.15, -0.1) is 0 Å². The summed E-state index contributed by atoms with van der Waals surface area (Å²) >= 11 is 0. The fourth-order valence-corrected chi connectivity index (χ4v) is 1.33. The van der Waals surface area contributed by atoms with Crippen LogP contribution in [0.4, 0.5) is 0 Å². The van der Waals surface area contributed by atoms with E-state index in [1.165, 1.54) is 11.1 Å². The van der Waals surface area contributed by atoms with Gasteiger partial charge in [0, 0.05) is 30.9 Å². The molecule has 15 heavy (non-hydrogen) atoms. The van der Waals surface area contributed by atoms with Crippen LogP contribution >= 0.6 is 0 Å². The number of aromatic nitrogens is 2. The van der Waals surface area contributed by atoms with Crippen LogP contribution in [0, 0.1) is 0 Å². The Kier molecular flexibility index (Phi) is 4.56. The van der Waals surface area contributed by atoms with Crippen LogP contribution in [0.5, 0.6) is 0 Å². The monoisotopic (exact) mass is 207 g/mol. The van der Waals surface area contributed by atoms with E-state index in [1.807, 2.05) is 10.9 Å². The minimum absolute atomic E-state index is 0.362. The van der Waals surface area contributed by atoms with Gasteiger partial charge in [0.15, 0.2) is 0 Å². The molecule has 84 valence electrons. The van der Waals surface area contributed by atoms with E-state index in [-0.39, 0.29) is 0 Å². The number of hydrogen-bond donors (Lipinski definition) is 1. The Labute approximate surface area is 92.2 Å². The summed E-state index contributed by atoms with van der Waals surface area (Å²) in [6.07, 6.45) is 6.23. The van der Waals surface area contributed by atoms with Gasteiger partial charge in [-0.3, -0.25) is 4.68 Å². The molecule has 0 aliphatic rings. The molecule has 1 rings (SSSR count). The summed E-state index contributed by atoms with van der Waals surface area (Å²) in [7, 11) is 0. The van der Waals surface area contributed by atoms with Gasteiger partial charge in [0.25, 0.3) is 0 Å². The summed E-state index contributed by atoms with van der Waals surface area (Å²) in [6.45, 7) is 10.3. The van der Waals surface area contributed by atoms with E-state index < -0.39 is 0 Å². The lowest BCUT2D eigenvalue weighted by atomic mass is 10.2. The second-order valence-electron chi connectivity index (χ2n) is 4.04. The first kappa shape index (κ1) is 12.0. The van der Waals surface area contributed by atoms with Gasteiger partial charge in [0.2, 0.25) is 0 Å². The summed E-state index contributed by atoms with van der Waals surface area (Å²) in [5.41, 5.74) is 2.60. The van der Waals surface area contributed by atoms with Crippen molar-refractivity contribution in [1.82, 2.24) is 15.1 Å². The maximum absolute atomic E-state index is 4.26. The van der Waals surface area contributed by atoms with E-state index in [0.29, 0.717) is 6.04 Å². The van der Waals surface area contributed by atoms with E-state index in [9.17, 15) is 0 Å². The zero-order valence-corrected chi connectivity index (χ0v) is 10.1. The normalized spacial score (nSPS) is 12.5.